The van der Waals surface area contributed by atoms with Crippen molar-refractivity contribution in [3.8, 4) is 5.88 Å². The van der Waals surface area contributed by atoms with Crippen LogP contribution in [0.5, 0.6) is 5.88 Å². The maximum atomic E-state index is 13.1. The summed E-state index contributed by atoms with van der Waals surface area (Å²) in [5.74, 6) is 1.47. The van der Waals surface area contributed by atoms with Crippen molar-refractivity contribution in [2.45, 2.75) is 39.0 Å². The summed E-state index contributed by atoms with van der Waals surface area (Å²) >= 11 is 0. The molecule has 1 saturated heterocycles. The van der Waals surface area contributed by atoms with Crippen LogP contribution in [0.25, 0.3) is 11.0 Å². The van der Waals surface area contributed by atoms with E-state index in [4.69, 9.17) is 9.72 Å². The lowest BCUT2D eigenvalue weighted by atomic mass is 10.2. The molecular formula is C26H27N5O2. The largest absolute Gasteiger partial charge is 0.473 e. The minimum Gasteiger partial charge on any atom is -0.473 e. The van der Waals surface area contributed by atoms with Gasteiger partial charge >= 0.3 is 6.03 Å². The normalized spacial score (nSPS) is 15.7. The van der Waals surface area contributed by atoms with Gasteiger partial charge in [-0.15, -0.1) is 0 Å². The number of likely N-dealkylation sites (tertiary alicyclic amines) is 1. The van der Waals surface area contributed by atoms with Crippen molar-refractivity contribution in [1.82, 2.24) is 19.4 Å². The highest BCUT2D eigenvalue weighted by Gasteiger charge is 2.33. The van der Waals surface area contributed by atoms with Gasteiger partial charge in [0.15, 0.2) is 0 Å². The van der Waals surface area contributed by atoms with E-state index in [2.05, 4.69) is 27.9 Å². The number of anilines is 1. The molecule has 7 heteroatoms. The highest BCUT2D eigenvalue weighted by Crippen LogP contribution is 2.34. The Bertz CT molecular complexity index is 1240. The molecule has 0 spiro atoms. The highest BCUT2D eigenvalue weighted by atomic mass is 16.5. The Labute approximate surface area is 193 Å². The van der Waals surface area contributed by atoms with Crippen LogP contribution < -0.4 is 10.1 Å². The van der Waals surface area contributed by atoms with Crippen LogP contribution in [-0.4, -0.2) is 32.0 Å². The molecule has 1 unspecified atom stereocenters. The molecule has 2 amide bonds. The molecule has 3 heterocycles. The highest BCUT2D eigenvalue weighted by molar-refractivity contribution is 5.89. The number of fused-ring (bicyclic) bond motifs is 1. The average molecular weight is 442 g/mol. The minimum atomic E-state index is -0.132. The number of hydrogen-bond donors (Lipinski definition) is 1. The number of rotatable bonds is 6. The van der Waals surface area contributed by atoms with Gasteiger partial charge in [-0.2, -0.15) is 0 Å². The van der Waals surface area contributed by atoms with Gasteiger partial charge < -0.3 is 19.5 Å². The number of carbonyl (C=O) groups is 1. The summed E-state index contributed by atoms with van der Waals surface area (Å²) in [6.07, 6.45) is 3.49. The number of hydrogen-bond acceptors (Lipinski definition) is 4. The smallest absolute Gasteiger partial charge is 0.322 e. The molecule has 1 aliphatic rings. The van der Waals surface area contributed by atoms with E-state index < -0.39 is 0 Å². The Balaban J connectivity index is 1.27. The van der Waals surface area contributed by atoms with E-state index in [9.17, 15) is 4.79 Å². The SMILES string of the molecule is CCn1c(C2CCCN2C(=O)Nc2ccc(OCc3ccccc3)nc2)nc2ccccc21. The van der Waals surface area contributed by atoms with Gasteiger partial charge in [0.25, 0.3) is 0 Å². The van der Waals surface area contributed by atoms with E-state index in [0.29, 0.717) is 24.7 Å². The lowest BCUT2D eigenvalue weighted by molar-refractivity contribution is 0.204. The number of para-hydroxylation sites is 2. The lowest BCUT2D eigenvalue weighted by Gasteiger charge is -2.25. The second kappa shape index (κ2) is 9.32. The molecule has 0 radical (unpaired) electrons. The van der Waals surface area contributed by atoms with Crippen LogP contribution in [0.2, 0.25) is 0 Å². The maximum Gasteiger partial charge on any atom is 0.322 e. The van der Waals surface area contributed by atoms with Crippen LogP contribution in [0.4, 0.5) is 10.5 Å². The van der Waals surface area contributed by atoms with Gasteiger partial charge in [0.2, 0.25) is 5.88 Å². The van der Waals surface area contributed by atoms with E-state index in [1.807, 2.05) is 59.5 Å². The molecule has 1 N–H and O–H groups in total. The fourth-order valence-corrected chi connectivity index (χ4v) is 4.43. The summed E-state index contributed by atoms with van der Waals surface area (Å²) in [6.45, 7) is 4.09. The third kappa shape index (κ3) is 4.39. The number of nitrogens with zero attached hydrogens (tertiary/aromatic N) is 4. The minimum absolute atomic E-state index is 0.0428. The van der Waals surface area contributed by atoms with Crippen molar-refractivity contribution in [3.63, 3.8) is 0 Å². The third-order valence-electron chi connectivity index (χ3n) is 6.03. The van der Waals surface area contributed by atoms with Gasteiger partial charge in [-0.25, -0.2) is 14.8 Å². The first-order valence-electron chi connectivity index (χ1n) is 11.4. The second-order valence-electron chi connectivity index (χ2n) is 8.14. The molecule has 168 valence electrons. The van der Waals surface area contributed by atoms with Crippen LogP contribution in [0, 0.1) is 0 Å². The van der Waals surface area contributed by atoms with Gasteiger partial charge in [-0.05, 0) is 43.5 Å². The van der Waals surface area contributed by atoms with Gasteiger partial charge in [0, 0.05) is 19.2 Å². The second-order valence-corrected chi connectivity index (χ2v) is 8.14. The number of nitrogens with one attached hydrogen (secondary N) is 1. The molecule has 33 heavy (non-hydrogen) atoms. The van der Waals surface area contributed by atoms with Crippen molar-refractivity contribution >= 4 is 22.8 Å². The zero-order valence-electron chi connectivity index (χ0n) is 18.6. The number of ether oxygens (including phenoxy) is 1. The van der Waals surface area contributed by atoms with Gasteiger partial charge in [0.1, 0.15) is 12.4 Å². The van der Waals surface area contributed by atoms with Crippen molar-refractivity contribution in [2.75, 3.05) is 11.9 Å². The molecule has 1 aliphatic heterocycles. The van der Waals surface area contributed by atoms with E-state index >= 15 is 0 Å². The van der Waals surface area contributed by atoms with E-state index in [1.54, 1.807) is 12.3 Å². The molecule has 1 atom stereocenters. The Morgan fingerprint density at radius 3 is 2.70 bits per heavy atom. The van der Waals surface area contributed by atoms with Crippen molar-refractivity contribution in [1.29, 1.82) is 0 Å². The summed E-state index contributed by atoms with van der Waals surface area (Å²) < 4.78 is 7.95. The molecule has 5 rings (SSSR count). The Hall–Kier alpha value is -3.87. The van der Waals surface area contributed by atoms with Crippen LogP contribution in [0.3, 0.4) is 0 Å². The number of aromatic nitrogens is 3. The predicted molar refractivity (Wildman–Crippen MR) is 128 cm³/mol. The number of aryl methyl sites for hydroxylation is 1. The van der Waals surface area contributed by atoms with Crippen LogP contribution in [0.1, 0.15) is 37.2 Å². The first-order chi connectivity index (χ1) is 16.2. The van der Waals surface area contributed by atoms with Gasteiger partial charge in [-0.1, -0.05) is 42.5 Å². The average Bonchev–Trinajstić information content (AvgIpc) is 3.49. The van der Waals surface area contributed by atoms with Crippen molar-refractivity contribution < 1.29 is 9.53 Å². The topological polar surface area (TPSA) is 72.3 Å². The predicted octanol–water partition coefficient (Wildman–Crippen LogP) is 5.40. The van der Waals surface area contributed by atoms with Gasteiger partial charge in [0.05, 0.1) is 29.0 Å². The quantitative estimate of drug-likeness (QED) is 0.435. The number of pyridine rings is 1. The molecule has 0 aliphatic carbocycles. The fourth-order valence-electron chi connectivity index (χ4n) is 4.43. The first-order valence-corrected chi connectivity index (χ1v) is 11.4. The maximum absolute atomic E-state index is 13.1. The molecule has 4 aromatic rings. The number of carbonyl (C=O) groups excluding carboxylic acids is 1. The van der Waals surface area contributed by atoms with E-state index in [0.717, 1.165) is 41.8 Å². The van der Waals surface area contributed by atoms with Crippen LogP contribution in [-0.2, 0) is 13.2 Å². The summed E-state index contributed by atoms with van der Waals surface area (Å²) in [7, 11) is 0. The van der Waals surface area contributed by atoms with Gasteiger partial charge in [-0.3, -0.25) is 0 Å². The molecule has 0 bridgehead atoms. The molecule has 1 fully saturated rings. The Morgan fingerprint density at radius 2 is 1.91 bits per heavy atom. The molecule has 2 aromatic heterocycles. The molecular weight excluding hydrogens is 414 g/mol. The Morgan fingerprint density at radius 1 is 1.09 bits per heavy atom. The number of amides is 2. The number of urea groups is 1. The van der Waals surface area contributed by atoms with Crippen LogP contribution >= 0.6 is 0 Å². The summed E-state index contributed by atoms with van der Waals surface area (Å²) in [5, 5.41) is 2.99. The molecule has 0 saturated carbocycles. The molecule has 7 nitrogen and oxygen atoms in total. The zero-order chi connectivity index (χ0) is 22.6. The first kappa shape index (κ1) is 21.0. The summed E-state index contributed by atoms with van der Waals surface area (Å²) in [6, 6.07) is 21.5. The number of imidazole rings is 1. The standard InChI is InChI=1S/C26H27N5O2/c1-2-30-22-12-7-6-11-21(22)29-25(30)23-13-8-16-31(23)26(32)28-20-14-15-24(27-17-20)33-18-19-9-4-3-5-10-19/h3-7,9-12,14-15,17,23H,2,8,13,16,18H2,1H3,(H,28,32). The summed E-state index contributed by atoms with van der Waals surface area (Å²) in [4.78, 5) is 24.2. The Kier molecular flexibility index (Phi) is 5.93. The molecule has 2 aromatic carbocycles. The lowest BCUT2D eigenvalue weighted by Crippen LogP contribution is -2.35. The third-order valence-corrected chi connectivity index (χ3v) is 6.03. The van der Waals surface area contributed by atoms with E-state index in [-0.39, 0.29) is 12.1 Å². The van der Waals surface area contributed by atoms with E-state index in [1.165, 1.54) is 0 Å². The monoisotopic (exact) mass is 441 g/mol. The zero-order valence-corrected chi connectivity index (χ0v) is 18.6. The van der Waals surface area contributed by atoms with Crippen molar-refractivity contribution in [3.05, 3.63) is 84.3 Å². The fraction of sp³-hybridized carbons (Fsp3) is 0.269. The summed E-state index contributed by atoms with van der Waals surface area (Å²) in [5.41, 5.74) is 3.80. The van der Waals surface area contributed by atoms with Crippen LogP contribution in [0.15, 0.2) is 72.9 Å². The van der Waals surface area contributed by atoms with Crippen molar-refractivity contribution in [2.24, 2.45) is 0 Å². The number of benzene rings is 2.